The van der Waals surface area contributed by atoms with Crippen LogP contribution in [-0.4, -0.2) is 63.1 Å². The summed E-state index contributed by atoms with van der Waals surface area (Å²) >= 11 is 18.7. The van der Waals surface area contributed by atoms with Crippen molar-refractivity contribution in [1.82, 2.24) is 30.2 Å². The molecule has 2 aliphatic rings. The number of aryl methyl sites for hydroxylation is 2. The van der Waals surface area contributed by atoms with E-state index in [-0.39, 0.29) is 11.6 Å². The molecule has 2 saturated heterocycles. The van der Waals surface area contributed by atoms with Crippen LogP contribution in [0.25, 0.3) is 20.4 Å². The van der Waals surface area contributed by atoms with Crippen molar-refractivity contribution in [3.63, 3.8) is 0 Å². The third-order valence-electron chi connectivity index (χ3n) is 9.28. The summed E-state index contributed by atoms with van der Waals surface area (Å²) in [7, 11) is 0. The minimum absolute atomic E-state index is 0.170. The zero-order valence-corrected chi connectivity index (χ0v) is 34.2. The van der Waals surface area contributed by atoms with Gasteiger partial charge >= 0.3 is 0 Å². The number of fused-ring (bicyclic) bond motifs is 2. The molecule has 2 aliphatic heterocycles. The Bertz CT molecular complexity index is 2120. The number of benzene rings is 2. The molecule has 6 aromatic rings. The van der Waals surface area contributed by atoms with Crippen LogP contribution in [0.3, 0.4) is 0 Å². The van der Waals surface area contributed by atoms with Crippen LogP contribution in [0.5, 0.6) is 0 Å². The van der Waals surface area contributed by atoms with E-state index in [1.54, 1.807) is 30.9 Å². The van der Waals surface area contributed by atoms with Crippen LogP contribution in [0.2, 0.25) is 8.67 Å². The first kappa shape index (κ1) is 39.6. The second-order valence-electron chi connectivity index (χ2n) is 13.1. The molecule has 0 aliphatic carbocycles. The lowest BCUT2D eigenvalue weighted by Gasteiger charge is -2.32. The molecule has 53 heavy (non-hydrogen) atoms. The molecule has 8 rings (SSSR count). The summed E-state index contributed by atoms with van der Waals surface area (Å²) in [5.74, 6) is 1.45. The molecule has 0 unspecified atom stereocenters. The highest BCUT2D eigenvalue weighted by atomic mass is 79.9. The van der Waals surface area contributed by atoms with Crippen LogP contribution < -0.4 is 16.0 Å². The van der Waals surface area contributed by atoms with Crippen molar-refractivity contribution in [3.05, 3.63) is 104 Å². The maximum absolute atomic E-state index is 13.3. The molecule has 4 aromatic heterocycles. The SMILES string of the molecule is Cc1c(Cl)sc2ncnc(NC3CCN(Cc4cccc(F)c4)CC3)c12.Cc1c(Cl)sc2ncnc(NC3CCNCC3)c12.Fc1cccc(CBr)c1. The number of halogens is 5. The second-order valence-corrected chi connectivity index (χ2v) is 16.8. The Morgan fingerprint density at radius 3 is 1.74 bits per heavy atom. The molecule has 0 spiro atoms. The zero-order valence-electron chi connectivity index (χ0n) is 29.4. The van der Waals surface area contributed by atoms with Gasteiger partial charge in [-0.3, -0.25) is 4.90 Å². The van der Waals surface area contributed by atoms with E-state index in [9.17, 15) is 8.78 Å². The average Bonchev–Trinajstić information content (AvgIpc) is 3.63. The fraction of sp³-hybridized carbons (Fsp3) is 0.368. The fourth-order valence-corrected chi connectivity index (χ4v) is 9.14. The number of nitrogens with one attached hydrogen (secondary N) is 3. The predicted molar refractivity (Wildman–Crippen MR) is 221 cm³/mol. The first-order valence-electron chi connectivity index (χ1n) is 17.5. The standard InChI is InChI=1S/C19H20ClFN4S.C12H15ClN4S.C7H6BrF/c1-12-16-18(22-11-23-19(16)26-17(12)20)24-15-5-7-25(8-6-15)10-13-3-2-4-14(21)9-13;1-7-9-11(17-8-2-4-14-5-3-8)15-6-16-12(9)18-10(7)13;8-5-6-2-1-3-7(9)4-6/h2-4,9,11,15H,5-8,10H2,1H3,(H,22,23,24);6,8,14H,2-5H2,1H3,(H,15,16,17);1-4H,5H2. The average molecular weight is 863 g/mol. The summed E-state index contributed by atoms with van der Waals surface area (Å²) in [6.45, 7) is 8.92. The topological polar surface area (TPSA) is 90.9 Å². The molecule has 0 saturated carbocycles. The molecule has 0 bridgehead atoms. The van der Waals surface area contributed by atoms with Crippen LogP contribution in [0, 0.1) is 25.5 Å². The van der Waals surface area contributed by atoms with Gasteiger partial charge in [-0.25, -0.2) is 28.7 Å². The van der Waals surface area contributed by atoms with Crippen LogP contribution >= 0.6 is 61.8 Å². The molecule has 2 aromatic carbocycles. The summed E-state index contributed by atoms with van der Waals surface area (Å²) in [6.07, 6.45) is 7.51. The Hall–Kier alpha value is -3.04. The molecule has 6 heterocycles. The summed E-state index contributed by atoms with van der Waals surface area (Å²) in [4.78, 5) is 21.7. The lowest BCUT2D eigenvalue weighted by molar-refractivity contribution is 0.211. The van der Waals surface area contributed by atoms with Gasteiger partial charge in [-0.15, -0.1) is 22.7 Å². The molecule has 2 fully saturated rings. The van der Waals surface area contributed by atoms with Crippen molar-refractivity contribution < 1.29 is 8.78 Å². The largest absolute Gasteiger partial charge is 0.367 e. The monoisotopic (exact) mass is 860 g/mol. The molecule has 8 nitrogen and oxygen atoms in total. The van der Waals surface area contributed by atoms with Crippen molar-refractivity contribution in [2.24, 2.45) is 0 Å². The summed E-state index contributed by atoms with van der Waals surface area (Å²) in [5.41, 5.74) is 4.11. The normalized spacial score (nSPS) is 15.5. The van der Waals surface area contributed by atoms with E-state index in [4.69, 9.17) is 23.2 Å². The van der Waals surface area contributed by atoms with Gasteiger partial charge in [-0.2, -0.15) is 0 Å². The zero-order chi connectivity index (χ0) is 37.3. The lowest BCUT2D eigenvalue weighted by atomic mass is 10.0. The number of alkyl halides is 1. The highest BCUT2D eigenvalue weighted by Crippen LogP contribution is 2.38. The minimum atomic E-state index is -0.174. The smallest absolute Gasteiger partial charge is 0.138 e. The van der Waals surface area contributed by atoms with Gasteiger partial charge in [-0.1, -0.05) is 63.4 Å². The molecule has 280 valence electrons. The first-order chi connectivity index (χ1) is 25.7. The number of aromatic nitrogens is 4. The van der Waals surface area contributed by atoms with Gasteiger partial charge in [0.1, 0.15) is 45.6 Å². The second kappa shape index (κ2) is 19.0. The fourth-order valence-electron chi connectivity index (χ4n) is 6.41. The molecule has 3 N–H and O–H groups in total. The van der Waals surface area contributed by atoms with E-state index < -0.39 is 0 Å². The van der Waals surface area contributed by atoms with E-state index in [2.05, 4.69) is 56.7 Å². The maximum Gasteiger partial charge on any atom is 0.138 e. The van der Waals surface area contributed by atoms with Crippen LogP contribution in [0.1, 0.15) is 47.9 Å². The Kier molecular flexibility index (Phi) is 14.2. The third-order valence-corrected chi connectivity index (χ3v) is 12.9. The van der Waals surface area contributed by atoms with Gasteiger partial charge in [0.15, 0.2) is 0 Å². The molecule has 0 atom stereocenters. The van der Waals surface area contributed by atoms with E-state index >= 15 is 0 Å². The van der Waals surface area contributed by atoms with Gasteiger partial charge in [0.05, 0.1) is 19.4 Å². The Labute approximate surface area is 334 Å². The van der Waals surface area contributed by atoms with Gasteiger partial charge in [0, 0.05) is 37.0 Å². The Balaban J connectivity index is 0.000000153. The molecule has 0 amide bonds. The number of thiophene rings is 2. The van der Waals surface area contributed by atoms with E-state index in [1.165, 1.54) is 40.9 Å². The number of nitrogens with zero attached hydrogens (tertiary/aromatic N) is 5. The highest BCUT2D eigenvalue weighted by Gasteiger charge is 2.22. The number of rotatable bonds is 7. The number of piperidine rings is 2. The van der Waals surface area contributed by atoms with Crippen molar-refractivity contribution in [3.8, 4) is 0 Å². The van der Waals surface area contributed by atoms with E-state index in [0.717, 1.165) is 121 Å². The van der Waals surface area contributed by atoms with Gasteiger partial charge in [-0.05, 0) is 99.1 Å². The minimum Gasteiger partial charge on any atom is -0.367 e. The van der Waals surface area contributed by atoms with Crippen LogP contribution in [-0.2, 0) is 11.9 Å². The highest BCUT2D eigenvalue weighted by molar-refractivity contribution is 9.08. The molecular weight excluding hydrogens is 821 g/mol. The van der Waals surface area contributed by atoms with Crippen molar-refractivity contribution in [2.45, 2.75) is 63.5 Å². The number of anilines is 2. The summed E-state index contributed by atoms with van der Waals surface area (Å²) in [6, 6.07) is 14.2. The first-order valence-corrected chi connectivity index (χ1v) is 21.0. The van der Waals surface area contributed by atoms with Crippen LogP contribution in [0.15, 0.2) is 61.2 Å². The number of hydrogen-bond donors (Lipinski definition) is 3. The molecule has 15 heteroatoms. The van der Waals surface area contributed by atoms with Gasteiger partial charge in [0.2, 0.25) is 0 Å². The van der Waals surface area contributed by atoms with Gasteiger partial charge in [0.25, 0.3) is 0 Å². The van der Waals surface area contributed by atoms with Crippen molar-refractivity contribution >= 4 is 93.9 Å². The summed E-state index contributed by atoms with van der Waals surface area (Å²) < 4.78 is 27.2. The Morgan fingerprint density at radius 2 is 1.25 bits per heavy atom. The maximum atomic E-state index is 13.3. The van der Waals surface area contributed by atoms with Crippen molar-refractivity contribution in [2.75, 3.05) is 36.8 Å². The van der Waals surface area contributed by atoms with Crippen LogP contribution in [0.4, 0.5) is 20.4 Å². The predicted octanol–water partition coefficient (Wildman–Crippen LogP) is 10.4. The molecular formula is C38H41BrCl2F2N8S2. The lowest BCUT2D eigenvalue weighted by Crippen LogP contribution is -2.38. The van der Waals surface area contributed by atoms with Crippen molar-refractivity contribution in [1.29, 1.82) is 0 Å². The third kappa shape index (κ3) is 10.6. The van der Waals surface area contributed by atoms with Gasteiger partial charge < -0.3 is 16.0 Å². The summed E-state index contributed by atoms with van der Waals surface area (Å²) in [5, 5.41) is 13.3. The quantitative estimate of drug-likeness (QED) is 0.137. The Morgan fingerprint density at radius 1 is 0.755 bits per heavy atom. The molecule has 0 radical (unpaired) electrons. The van der Waals surface area contributed by atoms with E-state index in [1.807, 2.05) is 26.0 Å². The number of likely N-dealkylation sites (tertiary alicyclic amines) is 1. The van der Waals surface area contributed by atoms with E-state index in [0.29, 0.717) is 17.4 Å². The number of hydrogen-bond acceptors (Lipinski definition) is 10.